The lowest BCUT2D eigenvalue weighted by molar-refractivity contribution is 0.0779. The summed E-state index contributed by atoms with van der Waals surface area (Å²) in [5.74, 6) is 0.302. The molecule has 0 radical (unpaired) electrons. The van der Waals surface area contributed by atoms with E-state index in [1.54, 1.807) is 40.9 Å². The molecule has 2 heterocycles. The fourth-order valence-electron chi connectivity index (χ4n) is 2.68. The van der Waals surface area contributed by atoms with Crippen molar-refractivity contribution in [3.05, 3.63) is 75.2 Å². The summed E-state index contributed by atoms with van der Waals surface area (Å²) in [6, 6.07) is 12.7. The summed E-state index contributed by atoms with van der Waals surface area (Å²) < 4.78 is 1.70. The molecule has 0 bridgehead atoms. The standard InChI is InChI=1S/C19H18Cl2N4O/c1-12-10-13(2)25(23-12)17-9-8-16(21)18(22-17)19(26)24(3)11-14-4-6-15(20)7-5-14/h4-10H,11H2,1-3H3. The zero-order valence-electron chi connectivity index (χ0n) is 14.7. The number of carbonyl (C=O) groups is 1. The quantitative estimate of drug-likeness (QED) is 0.662. The number of aromatic nitrogens is 3. The van der Waals surface area contributed by atoms with E-state index in [0.717, 1.165) is 17.0 Å². The van der Waals surface area contributed by atoms with Gasteiger partial charge in [-0.2, -0.15) is 5.10 Å². The molecule has 0 saturated carbocycles. The third-order valence-electron chi connectivity index (χ3n) is 3.94. The van der Waals surface area contributed by atoms with Gasteiger partial charge in [0.2, 0.25) is 0 Å². The Balaban J connectivity index is 1.87. The summed E-state index contributed by atoms with van der Waals surface area (Å²) in [5.41, 5.74) is 2.99. The first-order valence-corrected chi connectivity index (χ1v) is 8.81. The summed E-state index contributed by atoms with van der Waals surface area (Å²) in [6.07, 6.45) is 0. The van der Waals surface area contributed by atoms with E-state index in [0.29, 0.717) is 22.4 Å². The van der Waals surface area contributed by atoms with Crippen molar-refractivity contribution in [1.82, 2.24) is 19.7 Å². The van der Waals surface area contributed by atoms with Gasteiger partial charge in [0, 0.05) is 24.3 Å². The Hall–Kier alpha value is -2.37. The zero-order valence-corrected chi connectivity index (χ0v) is 16.2. The highest BCUT2D eigenvalue weighted by molar-refractivity contribution is 6.33. The van der Waals surface area contributed by atoms with E-state index in [1.807, 2.05) is 32.0 Å². The summed E-state index contributed by atoms with van der Waals surface area (Å²) in [7, 11) is 1.71. The van der Waals surface area contributed by atoms with Crippen molar-refractivity contribution in [3.63, 3.8) is 0 Å². The summed E-state index contributed by atoms with van der Waals surface area (Å²) in [4.78, 5) is 18.9. The van der Waals surface area contributed by atoms with Crippen LogP contribution in [0.2, 0.25) is 10.0 Å². The predicted octanol–water partition coefficient (Wildman–Crippen LogP) is 4.46. The van der Waals surface area contributed by atoms with Crippen LogP contribution in [0.15, 0.2) is 42.5 Å². The number of aryl methyl sites for hydroxylation is 2. The number of hydrogen-bond acceptors (Lipinski definition) is 3. The zero-order chi connectivity index (χ0) is 18.8. The van der Waals surface area contributed by atoms with Crippen molar-refractivity contribution in [2.45, 2.75) is 20.4 Å². The Labute approximate surface area is 162 Å². The Morgan fingerprint density at radius 2 is 1.81 bits per heavy atom. The SMILES string of the molecule is Cc1cc(C)n(-c2ccc(Cl)c(C(=O)N(C)Cc3ccc(Cl)cc3)n2)n1. The van der Waals surface area contributed by atoms with Crippen molar-refractivity contribution in [2.24, 2.45) is 0 Å². The molecule has 5 nitrogen and oxygen atoms in total. The number of halogens is 2. The molecule has 0 aliphatic heterocycles. The lowest BCUT2D eigenvalue weighted by atomic mass is 10.2. The van der Waals surface area contributed by atoms with Crippen LogP contribution in [0.5, 0.6) is 0 Å². The van der Waals surface area contributed by atoms with Crippen LogP contribution in [0.4, 0.5) is 0 Å². The second-order valence-corrected chi connectivity index (χ2v) is 6.97. The third kappa shape index (κ3) is 3.89. The third-order valence-corrected chi connectivity index (χ3v) is 4.50. The summed E-state index contributed by atoms with van der Waals surface area (Å²) in [5, 5.41) is 5.37. The second-order valence-electron chi connectivity index (χ2n) is 6.13. The molecule has 2 aromatic heterocycles. The summed E-state index contributed by atoms with van der Waals surface area (Å²) >= 11 is 12.1. The van der Waals surface area contributed by atoms with Crippen LogP contribution in [0.25, 0.3) is 5.82 Å². The molecule has 3 rings (SSSR count). The average molecular weight is 389 g/mol. The van der Waals surface area contributed by atoms with Crippen LogP contribution in [0, 0.1) is 13.8 Å². The van der Waals surface area contributed by atoms with Gasteiger partial charge in [-0.25, -0.2) is 9.67 Å². The van der Waals surface area contributed by atoms with E-state index < -0.39 is 0 Å². The minimum absolute atomic E-state index is 0.202. The second kappa shape index (κ2) is 7.48. The van der Waals surface area contributed by atoms with E-state index in [9.17, 15) is 4.79 Å². The van der Waals surface area contributed by atoms with Gasteiger partial charge in [-0.1, -0.05) is 35.3 Å². The summed E-state index contributed by atoms with van der Waals surface area (Å²) in [6.45, 7) is 4.27. The molecule has 26 heavy (non-hydrogen) atoms. The van der Waals surface area contributed by atoms with Gasteiger partial charge in [-0.3, -0.25) is 4.79 Å². The van der Waals surface area contributed by atoms with E-state index in [4.69, 9.17) is 23.2 Å². The van der Waals surface area contributed by atoms with Gasteiger partial charge < -0.3 is 4.90 Å². The molecule has 0 aliphatic rings. The number of nitrogens with zero attached hydrogens (tertiary/aromatic N) is 4. The largest absolute Gasteiger partial charge is 0.336 e. The van der Waals surface area contributed by atoms with E-state index in [-0.39, 0.29) is 11.6 Å². The fraction of sp³-hybridized carbons (Fsp3) is 0.211. The number of pyridine rings is 1. The van der Waals surface area contributed by atoms with Crippen molar-refractivity contribution in [1.29, 1.82) is 0 Å². The first kappa shape index (κ1) is 18.4. The number of hydrogen-bond donors (Lipinski definition) is 0. The molecule has 0 unspecified atom stereocenters. The van der Waals surface area contributed by atoms with Crippen molar-refractivity contribution in [3.8, 4) is 5.82 Å². The molecular weight excluding hydrogens is 371 g/mol. The first-order valence-electron chi connectivity index (χ1n) is 8.05. The molecular formula is C19H18Cl2N4O. The first-order chi connectivity index (χ1) is 12.3. The van der Waals surface area contributed by atoms with Gasteiger partial charge in [0.05, 0.1) is 10.7 Å². The Morgan fingerprint density at radius 3 is 2.42 bits per heavy atom. The maximum atomic E-state index is 12.8. The van der Waals surface area contributed by atoms with Gasteiger partial charge >= 0.3 is 0 Å². The molecule has 134 valence electrons. The molecule has 0 N–H and O–H groups in total. The minimum atomic E-state index is -0.256. The van der Waals surface area contributed by atoms with Crippen LogP contribution >= 0.6 is 23.2 Å². The number of carbonyl (C=O) groups excluding carboxylic acids is 1. The molecule has 7 heteroatoms. The lowest BCUT2D eigenvalue weighted by Gasteiger charge is -2.18. The molecule has 0 saturated heterocycles. The van der Waals surface area contributed by atoms with E-state index in [2.05, 4.69) is 10.1 Å². The van der Waals surface area contributed by atoms with Crippen molar-refractivity contribution >= 4 is 29.1 Å². The highest BCUT2D eigenvalue weighted by Crippen LogP contribution is 2.20. The van der Waals surface area contributed by atoms with Crippen molar-refractivity contribution < 1.29 is 4.79 Å². The predicted molar refractivity (Wildman–Crippen MR) is 103 cm³/mol. The molecule has 1 aromatic carbocycles. The monoisotopic (exact) mass is 388 g/mol. The van der Waals surface area contributed by atoms with Gasteiger partial charge in [-0.05, 0) is 49.7 Å². The Bertz CT molecular complexity index is 951. The molecule has 3 aromatic rings. The van der Waals surface area contributed by atoms with Crippen molar-refractivity contribution in [2.75, 3.05) is 7.05 Å². The van der Waals surface area contributed by atoms with Gasteiger partial charge in [0.15, 0.2) is 5.82 Å². The molecule has 1 amide bonds. The number of rotatable bonds is 4. The van der Waals surface area contributed by atoms with E-state index in [1.165, 1.54) is 0 Å². The Kier molecular flexibility index (Phi) is 5.30. The smallest absolute Gasteiger partial charge is 0.274 e. The molecule has 0 fully saturated rings. The molecule has 0 aliphatic carbocycles. The molecule has 0 atom stereocenters. The fourth-order valence-corrected chi connectivity index (χ4v) is 2.99. The van der Waals surface area contributed by atoms with Gasteiger partial charge in [0.25, 0.3) is 5.91 Å². The van der Waals surface area contributed by atoms with Crippen LogP contribution in [0.3, 0.4) is 0 Å². The van der Waals surface area contributed by atoms with Crippen LogP contribution in [0.1, 0.15) is 27.4 Å². The minimum Gasteiger partial charge on any atom is -0.336 e. The van der Waals surface area contributed by atoms with Gasteiger partial charge in [0.1, 0.15) is 5.69 Å². The maximum absolute atomic E-state index is 12.8. The average Bonchev–Trinajstić information content (AvgIpc) is 2.95. The maximum Gasteiger partial charge on any atom is 0.274 e. The normalized spacial score (nSPS) is 10.8. The lowest BCUT2D eigenvalue weighted by Crippen LogP contribution is -2.27. The highest BCUT2D eigenvalue weighted by Gasteiger charge is 2.19. The molecule has 0 spiro atoms. The van der Waals surface area contributed by atoms with Crippen LogP contribution < -0.4 is 0 Å². The topological polar surface area (TPSA) is 51.0 Å². The number of benzene rings is 1. The highest BCUT2D eigenvalue weighted by atomic mass is 35.5. The van der Waals surface area contributed by atoms with Gasteiger partial charge in [-0.15, -0.1) is 0 Å². The van der Waals surface area contributed by atoms with Crippen LogP contribution in [-0.4, -0.2) is 32.6 Å². The van der Waals surface area contributed by atoms with Crippen LogP contribution in [-0.2, 0) is 6.54 Å². The number of amides is 1. The van der Waals surface area contributed by atoms with E-state index >= 15 is 0 Å². The Morgan fingerprint density at radius 1 is 1.12 bits per heavy atom.